The summed E-state index contributed by atoms with van der Waals surface area (Å²) >= 11 is 0. The lowest BCUT2D eigenvalue weighted by molar-refractivity contribution is -0.120. The lowest BCUT2D eigenvalue weighted by atomic mass is 9.98. The number of unbranched alkanes of at least 4 members (excludes halogenated alkanes) is 1. The second-order valence-corrected chi connectivity index (χ2v) is 4.43. The van der Waals surface area contributed by atoms with Crippen LogP contribution in [0.3, 0.4) is 0 Å². The average Bonchev–Trinajstić information content (AvgIpc) is 2.40. The van der Waals surface area contributed by atoms with Crippen molar-refractivity contribution in [1.29, 1.82) is 5.26 Å². The molecule has 0 spiro atoms. The molecule has 1 aromatic carbocycles. The quantitative estimate of drug-likeness (QED) is 0.829. The van der Waals surface area contributed by atoms with E-state index in [1.54, 1.807) is 18.2 Å². The van der Waals surface area contributed by atoms with Gasteiger partial charge in [0, 0.05) is 11.6 Å². The van der Waals surface area contributed by atoms with Gasteiger partial charge in [-0.25, -0.2) is 0 Å². The smallest absolute Gasteiger partial charge is 0.227 e. The van der Waals surface area contributed by atoms with Crippen LogP contribution in [-0.4, -0.2) is 5.91 Å². The molecule has 0 heterocycles. The molecule has 1 atom stereocenters. The zero-order chi connectivity index (χ0) is 13.4. The van der Waals surface area contributed by atoms with E-state index in [-0.39, 0.29) is 11.8 Å². The first-order chi connectivity index (χ1) is 8.71. The summed E-state index contributed by atoms with van der Waals surface area (Å²) in [6.07, 6.45) is 3.96. The summed E-state index contributed by atoms with van der Waals surface area (Å²) in [5, 5.41) is 11.7. The van der Waals surface area contributed by atoms with Gasteiger partial charge in [-0.3, -0.25) is 4.79 Å². The second kappa shape index (κ2) is 7.50. The standard InChI is InChI=1S/C15H20N2O/c1-3-5-8-13(4-2)15(18)17-14-9-6-7-12(10-14)11-16/h6-7,9-10,13H,3-5,8H2,1-2H3,(H,17,18). The highest BCUT2D eigenvalue weighted by Crippen LogP contribution is 2.16. The molecule has 1 N–H and O–H groups in total. The molecule has 0 saturated carbocycles. The van der Waals surface area contributed by atoms with Crippen LogP contribution in [0.2, 0.25) is 0 Å². The Labute approximate surface area is 109 Å². The highest BCUT2D eigenvalue weighted by molar-refractivity contribution is 5.92. The Kier molecular flexibility index (Phi) is 5.93. The van der Waals surface area contributed by atoms with Crippen molar-refractivity contribution < 1.29 is 4.79 Å². The van der Waals surface area contributed by atoms with Crippen molar-refractivity contribution in [3.05, 3.63) is 29.8 Å². The van der Waals surface area contributed by atoms with Gasteiger partial charge in [0.2, 0.25) is 5.91 Å². The number of carbonyl (C=O) groups excluding carboxylic acids is 1. The SMILES string of the molecule is CCCCC(CC)C(=O)Nc1cccc(C#N)c1. The number of carbonyl (C=O) groups is 1. The van der Waals surface area contributed by atoms with Crippen molar-refractivity contribution in [3.8, 4) is 6.07 Å². The Morgan fingerprint density at radius 3 is 2.83 bits per heavy atom. The van der Waals surface area contributed by atoms with Gasteiger partial charge >= 0.3 is 0 Å². The number of nitrogens with zero attached hydrogens (tertiary/aromatic N) is 1. The van der Waals surface area contributed by atoms with Gasteiger partial charge in [0.1, 0.15) is 0 Å². The van der Waals surface area contributed by atoms with Crippen LogP contribution in [0.1, 0.15) is 45.1 Å². The zero-order valence-corrected chi connectivity index (χ0v) is 11.1. The minimum absolute atomic E-state index is 0.0565. The molecule has 0 radical (unpaired) electrons. The number of rotatable bonds is 6. The fourth-order valence-corrected chi connectivity index (χ4v) is 1.88. The van der Waals surface area contributed by atoms with E-state index in [1.807, 2.05) is 13.0 Å². The number of benzene rings is 1. The van der Waals surface area contributed by atoms with Crippen LogP contribution >= 0.6 is 0 Å². The summed E-state index contributed by atoms with van der Waals surface area (Å²) in [6, 6.07) is 9.08. The van der Waals surface area contributed by atoms with E-state index in [4.69, 9.17) is 5.26 Å². The summed E-state index contributed by atoms with van der Waals surface area (Å²) in [4.78, 5) is 12.1. The van der Waals surface area contributed by atoms with Gasteiger partial charge in [-0.05, 0) is 31.0 Å². The molecule has 0 aromatic heterocycles. The summed E-state index contributed by atoms with van der Waals surface area (Å²) < 4.78 is 0. The molecule has 3 heteroatoms. The summed E-state index contributed by atoms with van der Waals surface area (Å²) in [5.41, 5.74) is 1.27. The van der Waals surface area contributed by atoms with Gasteiger partial charge in [0.25, 0.3) is 0 Å². The minimum atomic E-state index is 0.0565. The second-order valence-electron chi connectivity index (χ2n) is 4.43. The van der Waals surface area contributed by atoms with E-state index in [0.717, 1.165) is 25.7 Å². The Hall–Kier alpha value is -1.82. The average molecular weight is 244 g/mol. The van der Waals surface area contributed by atoms with Crippen LogP contribution < -0.4 is 5.32 Å². The summed E-state index contributed by atoms with van der Waals surface area (Å²) in [5.74, 6) is 0.122. The predicted molar refractivity (Wildman–Crippen MR) is 73.1 cm³/mol. The Bertz CT molecular complexity index is 434. The maximum atomic E-state index is 12.1. The molecular formula is C15H20N2O. The molecule has 96 valence electrons. The maximum absolute atomic E-state index is 12.1. The van der Waals surface area contributed by atoms with Crippen LogP contribution in [-0.2, 0) is 4.79 Å². The van der Waals surface area contributed by atoms with Crippen molar-refractivity contribution in [2.24, 2.45) is 5.92 Å². The first-order valence-corrected chi connectivity index (χ1v) is 6.52. The monoisotopic (exact) mass is 244 g/mol. The maximum Gasteiger partial charge on any atom is 0.227 e. The molecule has 0 saturated heterocycles. The Morgan fingerprint density at radius 1 is 1.44 bits per heavy atom. The minimum Gasteiger partial charge on any atom is -0.326 e. The third-order valence-corrected chi connectivity index (χ3v) is 3.03. The Balaban J connectivity index is 2.64. The fourth-order valence-electron chi connectivity index (χ4n) is 1.88. The van der Waals surface area contributed by atoms with Crippen molar-refractivity contribution >= 4 is 11.6 Å². The molecule has 0 aliphatic rings. The van der Waals surface area contributed by atoms with Crippen molar-refractivity contribution in [2.75, 3.05) is 5.32 Å². The van der Waals surface area contributed by atoms with Crippen LogP contribution in [0.5, 0.6) is 0 Å². The van der Waals surface area contributed by atoms with E-state index in [2.05, 4.69) is 18.3 Å². The molecule has 1 unspecified atom stereocenters. The number of hydrogen-bond acceptors (Lipinski definition) is 2. The molecule has 0 bridgehead atoms. The van der Waals surface area contributed by atoms with Gasteiger partial charge in [0.15, 0.2) is 0 Å². The van der Waals surface area contributed by atoms with Gasteiger partial charge in [-0.2, -0.15) is 5.26 Å². The summed E-state index contributed by atoms with van der Waals surface area (Å²) in [6.45, 7) is 4.16. The first kappa shape index (κ1) is 14.2. The van der Waals surface area contributed by atoms with Crippen LogP contribution in [0.25, 0.3) is 0 Å². The highest BCUT2D eigenvalue weighted by atomic mass is 16.1. The van der Waals surface area contributed by atoms with Gasteiger partial charge in [0.05, 0.1) is 11.6 Å². The molecule has 18 heavy (non-hydrogen) atoms. The number of nitrogens with one attached hydrogen (secondary N) is 1. The van der Waals surface area contributed by atoms with Crippen molar-refractivity contribution in [2.45, 2.75) is 39.5 Å². The number of amides is 1. The summed E-state index contributed by atoms with van der Waals surface area (Å²) in [7, 11) is 0. The molecule has 0 fully saturated rings. The van der Waals surface area contributed by atoms with Gasteiger partial charge < -0.3 is 5.32 Å². The molecule has 1 amide bonds. The fraction of sp³-hybridized carbons (Fsp3) is 0.467. The van der Waals surface area contributed by atoms with E-state index < -0.39 is 0 Å². The number of hydrogen-bond donors (Lipinski definition) is 1. The topological polar surface area (TPSA) is 52.9 Å². The predicted octanol–water partition coefficient (Wildman–Crippen LogP) is 3.71. The third kappa shape index (κ3) is 4.21. The largest absolute Gasteiger partial charge is 0.326 e. The highest BCUT2D eigenvalue weighted by Gasteiger charge is 2.15. The Morgan fingerprint density at radius 2 is 2.22 bits per heavy atom. The molecule has 0 aliphatic heterocycles. The lowest BCUT2D eigenvalue weighted by Gasteiger charge is -2.14. The van der Waals surface area contributed by atoms with Crippen LogP contribution in [0, 0.1) is 17.2 Å². The van der Waals surface area contributed by atoms with Gasteiger partial charge in [-0.1, -0.05) is 32.8 Å². The van der Waals surface area contributed by atoms with Crippen LogP contribution in [0.15, 0.2) is 24.3 Å². The molecule has 0 aliphatic carbocycles. The molecule has 3 nitrogen and oxygen atoms in total. The molecule has 1 rings (SSSR count). The number of anilines is 1. The third-order valence-electron chi connectivity index (χ3n) is 3.03. The van der Waals surface area contributed by atoms with E-state index in [9.17, 15) is 4.79 Å². The zero-order valence-electron chi connectivity index (χ0n) is 11.1. The van der Waals surface area contributed by atoms with Gasteiger partial charge in [-0.15, -0.1) is 0 Å². The molecule has 1 aromatic rings. The lowest BCUT2D eigenvalue weighted by Crippen LogP contribution is -2.22. The van der Waals surface area contributed by atoms with E-state index in [0.29, 0.717) is 11.3 Å². The van der Waals surface area contributed by atoms with E-state index in [1.165, 1.54) is 0 Å². The van der Waals surface area contributed by atoms with Crippen molar-refractivity contribution in [1.82, 2.24) is 0 Å². The van der Waals surface area contributed by atoms with E-state index >= 15 is 0 Å². The van der Waals surface area contributed by atoms with Crippen molar-refractivity contribution in [3.63, 3.8) is 0 Å². The first-order valence-electron chi connectivity index (χ1n) is 6.52. The molecular weight excluding hydrogens is 224 g/mol. The normalized spacial score (nSPS) is 11.6. The van der Waals surface area contributed by atoms with Crippen LogP contribution in [0.4, 0.5) is 5.69 Å². The number of nitriles is 1.